The van der Waals surface area contributed by atoms with Crippen molar-refractivity contribution in [1.82, 2.24) is 0 Å². The number of anilines is 2. The normalized spacial score (nSPS) is 10.5. The molecule has 0 unspecified atom stereocenters. The molecule has 0 fully saturated rings. The lowest BCUT2D eigenvalue weighted by Crippen LogP contribution is -2.09. The molecule has 0 aliphatic heterocycles. The fourth-order valence-corrected chi connectivity index (χ4v) is 1.86. The maximum absolute atomic E-state index is 11.6. The topological polar surface area (TPSA) is 82.9 Å². The molecule has 0 aliphatic carbocycles. The van der Waals surface area contributed by atoms with Gasteiger partial charge in [-0.15, -0.1) is 0 Å². The number of amides is 4. The highest BCUT2D eigenvalue weighted by atomic mass is 35.5. The highest BCUT2D eigenvalue weighted by molar-refractivity contribution is 6.34. The number of rotatable bonds is 2. The first kappa shape index (κ1) is 15.9. The third-order valence-electron chi connectivity index (χ3n) is 2.46. The Morgan fingerprint density at radius 1 is 0.727 bits per heavy atom. The van der Waals surface area contributed by atoms with Crippen LogP contribution in [-0.2, 0) is 0 Å². The molecule has 4 amide bonds. The Hall–Kier alpha value is -2.44. The van der Waals surface area contributed by atoms with Crippen LogP contribution >= 0.6 is 23.2 Å². The number of para-hydroxylation sites is 2. The van der Waals surface area contributed by atoms with Crippen LogP contribution in [0.25, 0.3) is 0 Å². The van der Waals surface area contributed by atoms with E-state index in [1.54, 1.807) is 48.5 Å². The predicted molar refractivity (Wildman–Crippen MR) is 85.8 cm³/mol. The van der Waals surface area contributed by atoms with Gasteiger partial charge in [-0.3, -0.25) is 0 Å². The molecule has 0 aliphatic rings. The molecule has 0 saturated heterocycles. The molecule has 6 nitrogen and oxygen atoms in total. The van der Waals surface area contributed by atoms with Crippen molar-refractivity contribution in [2.45, 2.75) is 0 Å². The molecule has 0 atom stereocenters. The Morgan fingerprint density at radius 3 is 1.45 bits per heavy atom. The van der Waals surface area contributed by atoms with Gasteiger partial charge in [0.2, 0.25) is 0 Å². The van der Waals surface area contributed by atoms with Gasteiger partial charge in [-0.1, -0.05) is 57.7 Å². The van der Waals surface area contributed by atoms with Crippen LogP contribution < -0.4 is 10.6 Å². The van der Waals surface area contributed by atoms with Crippen LogP contribution in [0.4, 0.5) is 21.0 Å². The minimum atomic E-state index is -0.817. The SMILES string of the molecule is O=C(/N=N/C(=O)Nc1ccccc1Cl)Nc1ccccc1Cl. The molecule has 8 heteroatoms. The Morgan fingerprint density at radius 2 is 1.09 bits per heavy atom. The molecular formula is C14H10Cl2N4O2. The monoisotopic (exact) mass is 336 g/mol. The van der Waals surface area contributed by atoms with Gasteiger partial charge in [-0.05, 0) is 24.3 Å². The summed E-state index contributed by atoms with van der Waals surface area (Å²) in [4.78, 5) is 23.1. The van der Waals surface area contributed by atoms with Gasteiger partial charge >= 0.3 is 12.1 Å². The van der Waals surface area contributed by atoms with E-state index in [-0.39, 0.29) is 0 Å². The lowest BCUT2D eigenvalue weighted by molar-refractivity contribution is 0.252. The van der Waals surface area contributed by atoms with Gasteiger partial charge in [0.15, 0.2) is 0 Å². The maximum Gasteiger partial charge on any atom is 0.364 e. The van der Waals surface area contributed by atoms with Crippen LogP contribution in [0.5, 0.6) is 0 Å². The van der Waals surface area contributed by atoms with Crippen molar-refractivity contribution in [1.29, 1.82) is 0 Å². The van der Waals surface area contributed by atoms with Crippen LogP contribution in [0.3, 0.4) is 0 Å². The summed E-state index contributed by atoms with van der Waals surface area (Å²) < 4.78 is 0. The highest BCUT2D eigenvalue weighted by Gasteiger charge is 2.06. The summed E-state index contributed by atoms with van der Waals surface area (Å²) in [5, 5.41) is 12.0. The molecule has 2 rings (SSSR count). The molecule has 0 aromatic heterocycles. The van der Waals surface area contributed by atoms with Crippen LogP contribution in [0.1, 0.15) is 0 Å². The van der Waals surface area contributed by atoms with Crippen molar-refractivity contribution in [2.24, 2.45) is 10.2 Å². The first-order chi connectivity index (χ1) is 10.6. The lowest BCUT2D eigenvalue weighted by Gasteiger charge is -2.03. The summed E-state index contributed by atoms with van der Waals surface area (Å²) in [6.45, 7) is 0. The summed E-state index contributed by atoms with van der Waals surface area (Å²) >= 11 is 11.7. The minimum absolute atomic E-state index is 0.353. The van der Waals surface area contributed by atoms with E-state index < -0.39 is 12.1 Å². The number of urea groups is 2. The summed E-state index contributed by atoms with van der Waals surface area (Å²) in [5.41, 5.74) is 0.749. The van der Waals surface area contributed by atoms with Crippen molar-refractivity contribution in [3.8, 4) is 0 Å². The Labute approximate surface area is 136 Å². The van der Waals surface area contributed by atoms with Gasteiger partial charge in [-0.25, -0.2) is 9.59 Å². The molecule has 0 spiro atoms. The van der Waals surface area contributed by atoms with Crippen LogP contribution in [0.15, 0.2) is 58.8 Å². The largest absolute Gasteiger partial charge is 0.364 e. The van der Waals surface area contributed by atoms with Crippen molar-refractivity contribution in [3.05, 3.63) is 58.6 Å². The Kier molecular flexibility index (Phi) is 5.46. The predicted octanol–water partition coefficient (Wildman–Crippen LogP) is 5.21. The molecule has 0 bridgehead atoms. The van der Waals surface area contributed by atoms with Crippen molar-refractivity contribution < 1.29 is 9.59 Å². The second-order valence-corrected chi connectivity index (χ2v) is 4.83. The lowest BCUT2D eigenvalue weighted by atomic mass is 10.3. The van der Waals surface area contributed by atoms with Gasteiger partial charge in [-0.2, -0.15) is 0 Å². The second kappa shape index (κ2) is 7.53. The number of benzene rings is 2. The number of carbonyl (C=O) groups excluding carboxylic acids is 2. The van der Waals surface area contributed by atoms with Gasteiger partial charge in [0.25, 0.3) is 0 Å². The number of nitrogens with one attached hydrogen (secondary N) is 2. The highest BCUT2D eigenvalue weighted by Crippen LogP contribution is 2.21. The Bertz CT molecular complexity index is 673. The number of halogens is 2. The summed E-state index contributed by atoms with van der Waals surface area (Å²) in [5.74, 6) is 0. The Balaban J connectivity index is 1.94. The molecule has 0 heterocycles. The third kappa shape index (κ3) is 4.54. The molecular weight excluding hydrogens is 327 g/mol. The number of carbonyl (C=O) groups is 2. The molecule has 2 aromatic rings. The summed E-state index contributed by atoms with van der Waals surface area (Å²) in [7, 11) is 0. The molecule has 112 valence electrons. The smallest absolute Gasteiger partial charge is 0.303 e. The maximum atomic E-state index is 11.6. The molecule has 0 radical (unpaired) electrons. The van der Waals surface area contributed by atoms with E-state index >= 15 is 0 Å². The van der Waals surface area contributed by atoms with Gasteiger partial charge in [0.1, 0.15) is 0 Å². The van der Waals surface area contributed by atoms with E-state index in [4.69, 9.17) is 23.2 Å². The fraction of sp³-hybridized carbons (Fsp3) is 0. The van der Waals surface area contributed by atoms with E-state index in [0.29, 0.717) is 21.4 Å². The van der Waals surface area contributed by atoms with Gasteiger partial charge in [0, 0.05) is 0 Å². The van der Waals surface area contributed by atoms with Crippen molar-refractivity contribution in [2.75, 3.05) is 10.6 Å². The number of azo groups is 1. The van der Waals surface area contributed by atoms with E-state index in [2.05, 4.69) is 20.9 Å². The second-order valence-electron chi connectivity index (χ2n) is 4.02. The van der Waals surface area contributed by atoms with E-state index in [0.717, 1.165) is 0 Å². The van der Waals surface area contributed by atoms with E-state index in [9.17, 15) is 9.59 Å². The van der Waals surface area contributed by atoms with Crippen molar-refractivity contribution in [3.63, 3.8) is 0 Å². The third-order valence-corrected chi connectivity index (χ3v) is 3.12. The van der Waals surface area contributed by atoms with Crippen molar-refractivity contribution >= 4 is 46.6 Å². The number of hydrogen-bond acceptors (Lipinski definition) is 2. The zero-order chi connectivity index (χ0) is 15.9. The summed E-state index contributed by atoms with van der Waals surface area (Å²) in [6.07, 6.45) is 0. The van der Waals surface area contributed by atoms with Gasteiger partial charge in [0.05, 0.1) is 21.4 Å². The molecule has 0 saturated carbocycles. The number of hydrogen-bond donors (Lipinski definition) is 2. The minimum Gasteiger partial charge on any atom is -0.303 e. The first-order valence-corrected chi connectivity index (χ1v) is 6.84. The quantitative estimate of drug-likeness (QED) is 0.737. The van der Waals surface area contributed by atoms with Crippen LogP contribution in [0.2, 0.25) is 10.0 Å². The van der Waals surface area contributed by atoms with Crippen LogP contribution in [0, 0.1) is 0 Å². The zero-order valence-electron chi connectivity index (χ0n) is 11.1. The molecule has 22 heavy (non-hydrogen) atoms. The number of nitrogens with zero attached hydrogens (tertiary/aromatic N) is 2. The summed E-state index contributed by atoms with van der Waals surface area (Å²) in [6, 6.07) is 11.6. The van der Waals surface area contributed by atoms with E-state index in [1.165, 1.54) is 0 Å². The zero-order valence-corrected chi connectivity index (χ0v) is 12.6. The van der Waals surface area contributed by atoms with E-state index in [1.807, 2.05) is 0 Å². The fourth-order valence-electron chi connectivity index (χ4n) is 1.50. The average molecular weight is 337 g/mol. The van der Waals surface area contributed by atoms with Crippen LogP contribution in [-0.4, -0.2) is 12.1 Å². The molecule has 2 aromatic carbocycles. The standard InChI is InChI=1S/C14H10Cl2N4O2/c15-9-5-1-3-7-11(9)17-13(21)19-20-14(22)18-12-8-4-2-6-10(12)16/h1-8H,(H,17,21)(H,18,22)/b20-19+. The molecule has 2 N–H and O–H groups in total. The first-order valence-electron chi connectivity index (χ1n) is 6.09. The average Bonchev–Trinajstić information content (AvgIpc) is 2.50. The van der Waals surface area contributed by atoms with Gasteiger partial charge < -0.3 is 10.6 Å².